The lowest BCUT2D eigenvalue weighted by atomic mass is 10.1. The van der Waals surface area contributed by atoms with E-state index in [4.69, 9.17) is 0 Å². The van der Waals surface area contributed by atoms with E-state index in [1.807, 2.05) is 18.2 Å². The third-order valence-electron chi connectivity index (χ3n) is 4.12. The molecule has 5 nitrogen and oxygen atoms in total. The molecule has 1 aliphatic carbocycles. The molecule has 0 fully saturated rings. The van der Waals surface area contributed by atoms with Gasteiger partial charge < -0.3 is 5.32 Å². The normalized spacial score (nSPS) is 13.6. The molecule has 0 aromatic heterocycles. The molecule has 126 valence electrons. The Kier molecular flexibility index (Phi) is 4.76. The van der Waals surface area contributed by atoms with Gasteiger partial charge in [-0.25, -0.2) is 13.1 Å². The number of halogens is 1. The standard InChI is InChI=1S/C17H17BrN2O3S/c1-19-24(22,23)14-7-8-16(18)15(10-14)17(21)20-13-6-5-11-3-2-4-12(11)9-13/h5-10,19H,2-4H2,1H3,(H,20,21). The van der Waals surface area contributed by atoms with Gasteiger partial charge in [0.05, 0.1) is 10.5 Å². The molecule has 1 amide bonds. The van der Waals surface area contributed by atoms with Crippen LogP contribution in [-0.2, 0) is 22.9 Å². The minimum absolute atomic E-state index is 0.0484. The van der Waals surface area contributed by atoms with Crippen LogP contribution in [0.4, 0.5) is 5.69 Å². The number of hydrogen-bond donors (Lipinski definition) is 2. The van der Waals surface area contributed by atoms with E-state index in [0.717, 1.165) is 24.9 Å². The third-order valence-corrected chi connectivity index (χ3v) is 6.22. The van der Waals surface area contributed by atoms with Crippen molar-refractivity contribution in [3.8, 4) is 0 Å². The van der Waals surface area contributed by atoms with E-state index < -0.39 is 10.0 Å². The topological polar surface area (TPSA) is 75.3 Å². The Morgan fingerprint density at radius 2 is 1.83 bits per heavy atom. The van der Waals surface area contributed by atoms with Crippen LogP contribution in [0.2, 0.25) is 0 Å². The molecule has 24 heavy (non-hydrogen) atoms. The molecule has 2 N–H and O–H groups in total. The second-order valence-corrected chi connectivity index (χ2v) is 8.38. The highest BCUT2D eigenvalue weighted by Crippen LogP contribution is 2.26. The SMILES string of the molecule is CNS(=O)(=O)c1ccc(Br)c(C(=O)Nc2ccc3c(c2)CCC3)c1. The molecule has 0 saturated heterocycles. The second-order valence-electron chi connectivity index (χ2n) is 5.64. The van der Waals surface area contributed by atoms with Gasteiger partial charge in [-0.2, -0.15) is 0 Å². The summed E-state index contributed by atoms with van der Waals surface area (Å²) < 4.78 is 26.6. The number of aryl methyl sites for hydroxylation is 2. The fourth-order valence-corrected chi connectivity index (χ4v) is 3.99. The number of sulfonamides is 1. The number of rotatable bonds is 4. The van der Waals surface area contributed by atoms with E-state index >= 15 is 0 Å². The number of benzene rings is 2. The lowest BCUT2D eigenvalue weighted by Gasteiger charge is -2.10. The van der Waals surface area contributed by atoms with Crippen LogP contribution >= 0.6 is 15.9 Å². The molecule has 0 bridgehead atoms. The highest BCUT2D eigenvalue weighted by atomic mass is 79.9. The number of fused-ring (bicyclic) bond motifs is 1. The van der Waals surface area contributed by atoms with Crippen LogP contribution in [0.1, 0.15) is 27.9 Å². The number of anilines is 1. The number of amides is 1. The van der Waals surface area contributed by atoms with Crippen molar-refractivity contribution in [3.05, 3.63) is 57.6 Å². The average Bonchev–Trinajstić information content (AvgIpc) is 3.02. The number of carbonyl (C=O) groups excluding carboxylic acids is 1. The van der Waals surface area contributed by atoms with Gasteiger partial charge >= 0.3 is 0 Å². The lowest BCUT2D eigenvalue weighted by Crippen LogP contribution is -2.20. The predicted octanol–water partition coefficient (Wildman–Crippen LogP) is 3.10. The molecule has 1 aliphatic rings. The molecule has 0 saturated carbocycles. The Bertz CT molecular complexity index is 910. The largest absolute Gasteiger partial charge is 0.322 e. The summed E-state index contributed by atoms with van der Waals surface area (Å²) in [5.74, 6) is -0.354. The van der Waals surface area contributed by atoms with Crippen molar-refractivity contribution < 1.29 is 13.2 Å². The number of hydrogen-bond acceptors (Lipinski definition) is 3. The van der Waals surface area contributed by atoms with Gasteiger partial charge in [0.25, 0.3) is 5.91 Å². The first-order valence-corrected chi connectivity index (χ1v) is 9.84. The van der Waals surface area contributed by atoms with Crippen molar-refractivity contribution in [3.63, 3.8) is 0 Å². The van der Waals surface area contributed by atoms with Crippen molar-refractivity contribution in [1.29, 1.82) is 0 Å². The van der Waals surface area contributed by atoms with Crippen LogP contribution in [0.3, 0.4) is 0 Å². The Labute approximate surface area is 149 Å². The molecule has 2 aromatic carbocycles. The van der Waals surface area contributed by atoms with Gasteiger partial charge in [0, 0.05) is 10.2 Å². The summed E-state index contributed by atoms with van der Waals surface area (Å²) in [6, 6.07) is 10.3. The van der Waals surface area contributed by atoms with Crippen molar-refractivity contribution in [2.24, 2.45) is 0 Å². The van der Waals surface area contributed by atoms with E-state index in [0.29, 0.717) is 4.47 Å². The fourth-order valence-electron chi connectivity index (χ4n) is 2.81. The smallest absolute Gasteiger partial charge is 0.256 e. The molecular formula is C17H17BrN2O3S. The van der Waals surface area contributed by atoms with E-state index in [2.05, 4.69) is 26.0 Å². The van der Waals surface area contributed by atoms with Crippen molar-refractivity contribution in [2.75, 3.05) is 12.4 Å². The van der Waals surface area contributed by atoms with Gasteiger partial charge in [-0.05, 0) is 83.7 Å². The van der Waals surface area contributed by atoms with Gasteiger partial charge in [-0.3, -0.25) is 4.79 Å². The Morgan fingerprint density at radius 3 is 2.58 bits per heavy atom. The van der Waals surface area contributed by atoms with Crippen LogP contribution < -0.4 is 10.0 Å². The van der Waals surface area contributed by atoms with Gasteiger partial charge in [-0.1, -0.05) is 6.07 Å². The maximum absolute atomic E-state index is 12.5. The second kappa shape index (κ2) is 6.66. The first-order chi connectivity index (χ1) is 11.4. The van der Waals surface area contributed by atoms with Gasteiger partial charge in [0.15, 0.2) is 0 Å². The molecule has 0 aliphatic heterocycles. The summed E-state index contributed by atoms with van der Waals surface area (Å²) in [4.78, 5) is 12.6. The van der Waals surface area contributed by atoms with Crippen LogP contribution in [-0.4, -0.2) is 21.4 Å². The monoisotopic (exact) mass is 408 g/mol. The van der Waals surface area contributed by atoms with Gasteiger partial charge in [-0.15, -0.1) is 0 Å². The van der Waals surface area contributed by atoms with Crippen molar-refractivity contribution in [2.45, 2.75) is 24.2 Å². The third kappa shape index (κ3) is 3.38. The highest BCUT2D eigenvalue weighted by molar-refractivity contribution is 9.10. The summed E-state index contributed by atoms with van der Waals surface area (Å²) in [5, 5.41) is 2.84. The van der Waals surface area contributed by atoms with E-state index in [1.54, 1.807) is 6.07 Å². The number of nitrogens with one attached hydrogen (secondary N) is 2. The lowest BCUT2D eigenvalue weighted by molar-refractivity contribution is 0.102. The Hall–Kier alpha value is -1.70. The number of carbonyl (C=O) groups is 1. The van der Waals surface area contributed by atoms with E-state index in [1.165, 1.54) is 30.3 Å². The highest BCUT2D eigenvalue weighted by Gasteiger charge is 2.18. The van der Waals surface area contributed by atoms with E-state index in [-0.39, 0.29) is 16.4 Å². The minimum Gasteiger partial charge on any atom is -0.322 e. The molecule has 0 atom stereocenters. The summed E-state index contributed by atoms with van der Waals surface area (Å²) in [6.45, 7) is 0. The Morgan fingerprint density at radius 1 is 1.08 bits per heavy atom. The summed E-state index contributed by atoms with van der Waals surface area (Å²) in [7, 11) is -2.27. The predicted molar refractivity (Wildman–Crippen MR) is 96.8 cm³/mol. The quantitative estimate of drug-likeness (QED) is 0.815. The molecule has 0 heterocycles. The van der Waals surface area contributed by atoms with Crippen molar-refractivity contribution in [1.82, 2.24) is 4.72 Å². The van der Waals surface area contributed by atoms with Crippen LogP contribution in [0.15, 0.2) is 45.8 Å². The van der Waals surface area contributed by atoms with Crippen molar-refractivity contribution >= 4 is 37.5 Å². The average molecular weight is 409 g/mol. The maximum Gasteiger partial charge on any atom is 0.256 e. The molecule has 0 radical (unpaired) electrons. The van der Waals surface area contributed by atoms with E-state index in [9.17, 15) is 13.2 Å². The molecule has 0 spiro atoms. The van der Waals surface area contributed by atoms with Crippen LogP contribution in [0, 0.1) is 0 Å². The summed E-state index contributed by atoms with van der Waals surface area (Å²) in [5.41, 5.74) is 3.58. The molecule has 3 rings (SSSR count). The zero-order chi connectivity index (χ0) is 17.3. The molecule has 0 unspecified atom stereocenters. The zero-order valence-electron chi connectivity index (χ0n) is 13.1. The summed E-state index contributed by atoms with van der Waals surface area (Å²) in [6.07, 6.45) is 3.25. The van der Waals surface area contributed by atoms with Gasteiger partial charge in [0.2, 0.25) is 10.0 Å². The zero-order valence-corrected chi connectivity index (χ0v) is 15.5. The van der Waals surface area contributed by atoms with Gasteiger partial charge in [0.1, 0.15) is 0 Å². The maximum atomic E-state index is 12.5. The van der Waals surface area contributed by atoms with Crippen LogP contribution in [0.5, 0.6) is 0 Å². The first-order valence-electron chi connectivity index (χ1n) is 7.57. The summed E-state index contributed by atoms with van der Waals surface area (Å²) >= 11 is 3.31. The molecule has 2 aromatic rings. The molecular weight excluding hydrogens is 392 g/mol. The Balaban J connectivity index is 1.88. The fraction of sp³-hybridized carbons (Fsp3) is 0.235. The van der Waals surface area contributed by atoms with Crippen LogP contribution in [0.25, 0.3) is 0 Å². The minimum atomic E-state index is -3.60. The molecule has 7 heteroatoms. The first kappa shape index (κ1) is 17.1.